The summed E-state index contributed by atoms with van der Waals surface area (Å²) in [6, 6.07) is 5.64. The van der Waals surface area contributed by atoms with Crippen molar-refractivity contribution in [2.24, 2.45) is 0 Å². The Balaban J connectivity index is 2.06. The van der Waals surface area contributed by atoms with Crippen LogP contribution in [0, 0.1) is 6.92 Å². The number of aromatic nitrogens is 3. The molecular formula is C14H17ClN4O. The van der Waals surface area contributed by atoms with E-state index in [-0.39, 0.29) is 5.69 Å². The van der Waals surface area contributed by atoms with Crippen LogP contribution in [-0.2, 0) is 0 Å². The number of hydrogen-bond donors (Lipinski definition) is 2. The van der Waals surface area contributed by atoms with Crippen LogP contribution in [0.5, 0.6) is 0 Å². The molecule has 0 radical (unpaired) electrons. The van der Waals surface area contributed by atoms with E-state index in [4.69, 9.17) is 11.6 Å². The highest BCUT2D eigenvalue weighted by molar-refractivity contribution is 6.31. The number of H-pyrrole nitrogens is 1. The van der Waals surface area contributed by atoms with Gasteiger partial charge in [-0.05, 0) is 50.6 Å². The molecule has 0 atom stereocenters. The summed E-state index contributed by atoms with van der Waals surface area (Å²) in [5.74, 6) is 1.10. The second-order valence-corrected chi connectivity index (χ2v) is 5.59. The number of hydrogen-bond acceptors (Lipinski definition) is 3. The zero-order valence-corrected chi connectivity index (χ0v) is 12.1. The second-order valence-electron chi connectivity index (χ2n) is 5.18. The zero-order valence-electron chi connectivity index (χ0n) is 11.3. The summed E-state index contributed by atoms with van der Waals surface area (Å²) in [5.41, 5.74) is 1.56. The fourth-order valence-corrected chi connectivity index (χ4v) is 2.81. The van der Waals surface area contributed by atoms with E-state index in [0.29, 0.717) is 10.9 Å². The maximum absolute atomic E-state index is 12.1. The van der Waals surface area contributed by atoms with Crippen molar-refractivity contribution in [1.82, 2.24) is 20.1 Å². The summed E-state index contributed by atoms with van der Waals surface area (Å²) >= 11 is 6.17. The normalized spacial score (nSPS) is 16.5. The topological polar surface area (TPSA) is 62.7 Å². The molecule has 2 N–H and O–H groups in total. The summed E-state index contributed by atoms with van der Waals surface area (Å²) in [7, 11) is 0. The number of benzene rings is 1. The van der Waals surface area contributed by atoms with Gasteiger partial charge in [-0.1, -0.05) is 17.7 Å². The molecule has 0 amide bonds. The lowest BCUT2D eigenvalue weighted by Gasteiger charge is -2.22. The number of halogens is 1. The van der Waals surface area contributed by atoms with Crippen molar-refractivity contribution in [2.45, 2.75) is 25.7 Å². The van der Waals surface area contributed by atoms with Crippen LogP contribution >= 0.6 is 11.6 Å². The van der Waals surface area contributed by atoms with Gasteiger partial charge in [0.2, 0.25) is 0 Å². The van der Waals surface area contributed by atoms with Gasteiger partial charge in [0.15, 0.2) is 0 Å². The van der Waals surface area contributed by atoms with Crippen molar-refractivity contribution in [3.05, 3.63) is 45.1 Å². The van der Waals surface area contributed by atoms with Crippen LogP contribution in [0.4, 0.5) is 0 Å². The highest BCUT2D eigenvalue weighted by atomic mass is 35.5. The van der Waals surface area contributed by atoms with E-state index in [1.54, 1.807) is 4.57 Å². The highest BCUT2D eigenvalue weighted by Gasteiger charge is 2.22. The standard InChI is InChI=1S/C14H17ClN4O/c1-9-2-3-11(8-12(9)15)19-13(17-18-14(19)20)10-4-6-16-7-5-10/h2-3,8,10,16H,4-7H2,1H3,(H,18,20). The summed E-state index contributed by atoms with van der Waals surface area (Å²) in [4.78, 5) is 12.1. The average molecular weight is 293 g/mol. The van der Waals surface area contributed by atoms with Crippen LogP contribution in [-0.4, -0.2) is 27.9 Å². The lowest BCUT2D eigenvalue weighted by Crippen LogP contribution is -2.29. The Morgan fingerprint density at radius 1 is 1.35 bits per heavy atom. The van der Waals surface area contributed by atoms with Gasteiger partial charge in [0, 0.05) is 10.9 Å². The molecule has 0 aliphatic carbocycles. The third kappa shape index (κ3) is 2.39. The van der Waals surface area contributed by atoms with Crippen LogP contribution in [0.25, 0.3) is 5.69 Å². The number of rotatable bonds is 2. The van der Waals surface area contributed by atoms with Gasteiger partial charge in [0.05, 0.1) is 5.69 Å². The number of nitrogens with zero attached hydrogens (tertiary/aromatic N) is 2. The minimum Gasteiger partial charge on any atom is -0.317 e. The van der Waals surface area contributed by atoms with E-state index in [1.807, 2.05) is 25.1 Å². The largest absolute Gasteiger partial charge is 0.347 e. The van der Waals surface area contributed by atoms with Crippen LogP contribution in [0.2, 0.25) is 5.02 Å². The van der Waals surface area contributed by atoms with Gasteiger partial charge in [-0.15, -0.1) is 0 Å². The molecule has 0 unspecified atom stereocenters. The first-order valence-electron chi connectivity index (χ1n) is 6.81. The average Bonchev–Trinajstić information content (AvgIpc) is 2.85. The van der Waals surface area contributed by atoms with Crippen molar-refractivity contribution < 1.29 is 0 Å². The second kappa shape index (κ2) is 5.42. The molecule has 1 aliphatic heterocycles. The van der Waals surface area contributed by atoms with Crippen LogP contribution in [0.15, 0.2) is 23.0 Å². The molecular weight excluding hydrogens is 276 g/mol. The molecule has 1 saturated heterocycles. The van der Waals surface area contributed by atoms with Crippen molar-refractivity contribution in [3.63, 3.8) is 0 Å². The number of aromatic amines is 1. The molecule has 1 fully saturated rings. The van der Waals surface area contributed by atoms with E-state index >= 15 is 0 Å². The van der Waals surface area contributed by atoms with E-state index in [9.17, 15) is 4.79 Å². The number of nitrogens with one attached hydrogen (secondary N) is 2. The monoisotopic (exact) mass is 292 g/mol. The molecule has 5 nitrogen and oxygen atoms in total. The van der Waals surface area contributed by atoms with Crippen molar-refractivity contribution in [2.75, 3.05) is 13.1 Å². The van der Waals surface area contributed by atoms with Gasteiger partial charge >= 0.3 is 5.69 Å². The Bertz CT molecular complexity index is 670. The highest BCUT2D eigenvalue weighted by Crippen LogP contribution is 2.25. The van der Waals surface area contributed by atoms with E-state index in [2.05, 4.69) is 15.5 Å². The summed E-state index contributed by atoms with van der Waals surface area (Å²) < 4.78 is 1.64. The van der Waals surface area contributed by atoms with Gasteiger partial charge in [-0.2, -0.15) is 5.10 Å². The van der Waals surface area contributed by atoms with E-state index in [1.165, 1.54) is 0 Å². The minimum absolute atomic E-state index is 0.210. The number of aryl methyl sites for hydroxylation is 1. The predicted molar refractivity (Wildman–Crippen MR) is 78.8 cm³/mol. The van der Waals surface area contributed by atoms with E-state index in [0.717, 1.165) is 43.0 Å². The van der Waals surface area contributed by atoms with Crippen molar-refractivity contribution in [1.29, 1.82) is 0 Å². The first kappa shape index (κ1) is 13.4. The lowest BCUT2D eigenvalue weighted by molar-refractivity contribution is 0.440. The molecule has 106 valence electrons. The third-order valence-corrected chi connectivity index (χ3v) is 4.22. The lowest BCUT2D eigenvalue weighted by atomic mass is 9.97. The number of piperidine rings is 1. The third-order valence-electron chi connectivity index (χ3n) is 3.82. The molecule has 0 saturated carbocycles. The summed E-state index contributed by atoms with van der Waals surface area (Å²) in [6.07, 6.45) is 1.98. The van der Waals surface area contributed by atoms with Crippen molar-refractivity contribution >= 4 is 11.6 Å². The van der Waals surface area contributed by atoms with Gasteiger partial charge < -0.3 is 5.32 Å². The predicted octanol–water partition coefficient (Wildman–Crippen LogP) is 1.99. The zero-order chi connectivity index (χ0) is 14.1. The molecule has 0 spiro atoms. The Morgan fingerprint density at radius 2 is 2.10 bits per heavy atom. The van der Waals surface area contributed by atoms with Crippen LogP contribution in [0.1, 0.15) is 30.1 Å². The molecule has 3 rings (SSSR count). The van der Waals surface area contributed by atoms with Crippen LogP contribution < -0.4 is 11.0 Å². The maximum Gasteiger partial charge on any atom is 0.347 e. The fraction of sp³-hybridized carbons (Fsp3) is 0.429. The molecule has 20 heavy (non-hydrogen) atoms. The quantitative estimate of drug-likeness (QED) is 0.890. The van der Waals surface area contributed by atoms with Gasteiger partial charge in [-0.3, -0.25) is 0 Å². The van der Waals surface area contributed by atoms with Crippen molar-refractivity contribution in [3.8, 4) is 5.69 Å². The Labute approximate surface area is 122 Å². The Morgan fingerprint density at radius 3 is 2.80 bits per heavy atom. The molecule has 1 aromatic heterocycles. The molecule has 1 aliphatic rings. The first-order chi connectivity index (χ1) is 9.66. The summed E-state index contributed by atoms with van der Waals surface area (Å²) in [6.45, 7) is 3.86. The van der Waals surface area contributed by atoms with Gasteiger partial charge in [0.25, 0.3) is 0 Å². The van der Waals surface area contributed by atoms with Gasteiger partial charge in [0.1, 0.15) is 5.82 Å². The Kier molecular flexibility index (Phi) is 3.63. The molecule has 2 heterocycles. The van der Waals surface area contributed by atoms with Gasteiger partial charge in [-0.25, -0.2) is 14.5 Å². The molecule has 0 bridgehead atoms. The molecule has 1 aromatic carbocycles. The fourth-order valence-electron chi connectivity index (χ4n) is 2.63. The molecule has 6 heteroatoms. The first-order valence-corrected chi connectivity index (χ1v) is 7.19. The van der Waals surface area contributed by atoms with E-state index < -0.39 is 0 Å². The molecule has 2 aromatic rings. The SMILES string of the molecule is Cc1ccc(-n2c(C3CCNCC3)n[nH]c2=O)cc1Cl. The smallest absolute Gasteiger partial charge is 0.317 e. The minimum atomic E-state index is -0.210. The maximum atomic E-state index is 12.1. The van der Waals surface area contributed by atoms with Crippen LogP contribution in [0.3, 0.4) is 0 Å². The Hall–Kier alpha value is -1.59. The summed E-state index contributed by atoms with van der Waals surface area (Å²) in [5, 5.41) is 10.8.